The Morgan fingerprint density at radius 3 is 2.35 bits per heavy atom. The quantitative estimate of drug-likeness (QED) is 0.388. The topological polar surface area (TPSA) is 101 Å². The van der Waals surface area contributed by atoms with Crippen LogP contribution in [0.3, 0.4) is 0 Å². The number of carbonyl (C=O) groups is 1. The maximum absolute atomic E-state index is 12.5. The molecule has 0 saturated heterocycles. The van der Waals surface area contributed by atoms with Gasteiger partial charge in [-0.2, -0.15) is 0 Å². The number of phenolic OH excluding ortho intramolecular Hbond substituents is 2. The van der Waals surface area contributed by atoms with Gasteiger partial charge in [0.2, 0.25) is 5.75 Å². The largest absolute Gasteiger partial charge is 0.504 e. The molecule has 20 heavy (non-hydrogen) atoms. The predicted molar refractivity (Wildman–Crippen MR) is 71.0 cm³/mol. The van der Waals surface area contributed by atoms with Gasteiger partial charge in [0.1, 0.15) is 0 Å². The van der Waals surface area contributed by atoms with Gasteiger partial charge in [-0.25, -0.2) is 0 Å². The summed E-state index contributed by atoms with van der Waals surface area (Å²) in [5.41, 5.74) is -1.88. The molecule has 0 atom stereocenters. The molecule has 0 bridgehead atoms. The number of hydrogen-bond acceptors (Lipinski definition) is 5. The van der Waals surface area contributed by atoms with E-state index in [1.54, 1.807) is 0 Å². The molecule has 0 aliphatic carbocycles. The first-order valence-corrected chi connectivity index (χ1v) is 5.39. The van der Waals surface area contributed by atoms with E-state index in [0.717, 1.165) is 6.07 Å². The maximum Gasteiger partial charge on any atom is 0.315 e. The predicted octanol–water partition coefficient (Wildman–Crippen LogP) is 2.55. The zero-order valence-corrected chi connectivity index (χ0v) is 10.2. The molecule has 0 fully saturated rings. The van der Waals surface area contributed by atoms with E-state index < -0.39 is 63.2 Å². The molecule has 102 valence electrons. The number of nitro benzene ring substituents is 1. The van der Waals surface area contributed by atoms with Crippen molar-refractivity contribution in [2.75, 3.05) is 0 Å². The van der Waals surface area contributed by atoms with Gasteiger partial charge >= 0.3 is 5.69 Å². The van der Waals surface area contributed by atoms with E-state index in [1.165, 1.54) is 6.92 Å². The van der Waals surface area contributed by atoms with Crippen LogP contribution in [0, 0.1) is 17.0 Å². The Morgan fingerprint density at radius 2 is 1.80 bits per heavy atom. The Hall–Kier alpha value is -2.89. The van der Waals surface area contributed by atoms with Crippen LogP contribution in [0.15, 0.2) is 36.3 Å². The van der Waals surface area contributed by atoms with Crippen molar-refractivity contribution >= 4 is 11.5 Å². The van der Waals surface area contributed by atoms with Crippen LogP contribution in [0.5, 0.6) is 11.5 Å². The van der Waals surface area contributed by atoms with E-state index in [9.17, 15) is 25.1 Å². The summed E-state index contributed by atoms with van der Waals surface area (Å²) in [6.45, 7) is 1.37. The molecular formula is C14H11NO5. The molecule has 0 aliphatic rings. The van der Waals surface area contributed by atoms with Crippen molar-refractivity contribution in [1.82, 2.24) is 0 Å². The molecule has 6 nitrogen and oxygen atoms in total. The molecular weight excluding hydrogens is 262 g/mol. The summed E-state index contributed by atoms with van der Waals surface area (Å²) in [7, 11) is 0. The fourth-order valence-corrected chi connectivity index (χ4v) is 1.51. The number of ketones is 1. The zero-order chi connectivity index (χ0) is 18.3. The van der Waals surface area contributed by atoms with Crippen LogP contribution in [0.25, 0.3) is 0 Å². The van der Waals surface area contributed by atoms with E-state index in [4.69, 9.17) is 5.48 Å². The molecule has 6 heteroatoms. The number of carbonyl (C=O) groups excluding carboxylic acids is 1. The van der Waals surface area contributed by atoms with Crippen LogP contribution in [0.1, 0.15) is 27.0 Å². The molecule has 0 unspecified atom stereocenters. The summed E-state index contributed by atoms with van der Waals surface area (Å²) in [5, 5.41) is 29.8. The Bertz CT molecular complexity index is 868. The minimum Gasteiger partial charge on any atom is -0.504 e. The third-order valence-corrected chi connectivity index (χ3v) is 2.51. The van der Waals surface area contributed by atoms with Crippen LogP contribution in [0.2, 0.25) is 0 Å². The van der Waals surface area contributed by atoms with Gasteiger partial charge in [0.25, 0.3) is 0 Å². The third kappa shape index (κ3) is 2.44. The number of hydrogen-bond donors (Lipinski definition) is 2. The summed E-state index contributed by atoms with van der Waals surface area (Å²) in [6.07, 6.45) is 0. The standard InChI is InChI=1S/C14H11NO5/c1-8-2-4-9(5-3-8)13(17)10-6-11(15(19)20)14(18)12(16)7-10/h2-7,16,18H,1H3/i2D,3D,4D,5D. The van der Waals surface area contributed by atoms with Crippen LogP contribution in [-0.2, 0) is 0 Å². The minimum absolute atomic E-state index is 0.0566. The fraction of sp³-hybridized carbons (Fsp3) is 0.0714. The van der Waals surface area contributed by atoms with Gasteiger partial charge in [0.15, 0.2) is 11.5 Å². The molecule has 0 spiro atoms. The summed E-state index contributed by atoms with van der Waals surface area (Å²) in [4.78, 5) is 22.4. The van der Waals surface area contributed by atoms with Crippen molar-refractivity contribution in [3.05, 3.63) is 63.1 Å². The second-order valence-electron chi connectivity index (χ2n) is 3.95. The molecule has 2 aromatic carbocycles. The minimum atomic E-state index is -1.04. The second kappa shape index (κ2) is 5.00. The van der Waals surface area contributed by atoms with E-state index in [2.05, 4.69) is 0 Å². The number of aromatic hydroxyl groups is 2. The Kier molecular flexibility index (Phi) is 2.27. The van der Waals surface area contributed by atoms with E-state index in [1.807, 2.05) is 0 Å². The van der Waals surface area contributed by atoms with Crippen LogP contribution in [0.4, 0.5) is 5.69 Å². The average molecular weight is 277 g/mol. The van der Waals surface area contributed by atoms with E-state index >= 15 is 0 Å². The molecule has 0 aromatic heterocycles. The molecule has 2 rings (SSSR count). The molecule has 0 radical (unpaired) electrons. The number of benzene rings is 2. The lowest BCUT2D eigenvalue weighted by Gasteiger charge is -2.05. The Labute approximate surface area is 119 Å². The molecule has 2 aromatic rings. The van der Waals surface area contributed by atoms with Crippen molar-refractivity contribution in [2.45, 2.75) is 6.92 Å². The highest BCUT2D eigenvalue weighted by Crippen LogP contribution is 2.36. The summed E-state index contributed by atoms with van der Waals surface area (Å²) in [5.74, 6) is -2.96. The summed E-state index contributed by atoms with van der Waals surface area (Å²) < 4.78 is 31.1. The van der Waals surface area contributed by atoms with Crippen molar-refractivity contribution < 1.29 is 25.4 Å². The Balaban J connectivity index is 2.74. The first-order chi connectivity index (χ1) is 11.1. The summed E-state index contributed by atoms with van der Waals surface area (Å²) in [6, 6.07) is -0.531. The van der Waals surface area contributed by atoms with Crippen molar-refractivity contribution in [3.63, 3.8) is 0 Å². The van der Waals surface area contributed by atoms with E-state index in [-0.39, 0.29) is 5.56 Å². The van der Waals surface area contributed by atoms with Crippen LogP contribution < -0.4 is 0 Å². The number of nitro groups is 1. The molecule has 2 N–H and O–H groups in total. The molecule has 0 aliphatic heterocycles. The first-order valence-electron chi connectivity index (χ1n) is 7.39. The smallest absolute Gasteiger partial charge is 0.315 e. The van der Waals surface area contributed by atoms with E-state index in [0.29, 0.717) is 6.07 Å². The first kappa shape index (κ1) is 9.08. The Morgan fingerprint density at radius 1 is 1.20 bits per heavy atom. The number of phenols is 2. The van der Waals surface area contributed by atoms with Gasteiger partial charge in [0.05, 0.1) is 10.4 Å². The average Bonchev–Trinajstić information content (AvgIpc) is 2.53. The SMILES string of the molecule is [2H]c1c([2H])c(C(=O)c2cc(O)c(O)c([N+](=O)[O-])c2)c([2H])c([2H])c1C. The highest BCUT2D eigenvalue weighted by molar-refractivity contribution is 6.09. The number of nitrogens with zero attached hydrogens (tertiary/aromatic N) is 1. The van der Waals surface area contributed by atoms with Crippen LogP contribution in [-0.4, -0.2) is 20.9 Å². The zero-order valence-electron chi connectivity index (χ0n) is 14.2. The van der Waals surface area contributed by atoms with Gasteiger partial charge in [-0.05, 0) is 13.0 Å². The molecule has 0 saturated carbocycles. The monoisotopic (exact) mass is 277 g/mol. The molecule has 0 amide bonds. The second-order valence-corrected chi connectivity index (χ2v) is 3.95. The normalized spacial score (nSPS) is 13.1. The van der Waals surface area contributed by atoms with Crippen LogP contribution >= 0.6 is 0 Å². The van der Waals surface area contributed by atoms with Crippen molar-refractivity contribution in [2.24, 2.45) is 0 Å². The van der Waals surface area contributed by atoms with Gasteiger partial charge < -0.3 is 10.2 Å². The van der Waals surface area contributed by atoms with Gasteiger partial charge in [-0.1, -0.05) is 29.7 Å². The van der Waals surface area contributed by atoms with Gasteiger partial charge in [-0.15, -0.1) is 0 Å². The molecule has 0 heterocycles. The maximum atomic E-state index is 12.5. The van der Waals surface area contributed by atoms with Gasteiger partial charge in [0, 0.05) is 17.2 Å². The third-order valence-electron chi connectivity index (χ3n) is 2.51. The lowest BCUT2D eigenvalue weighted by molar-refractivity contribution is -0.386. The fourth-order valence-electron chi connectivity index (χ4n) is 1.51. The highest BCUT2D eigenvalue weighted by Gasteiger charge is 2.22. The van der Waals surface area contributed by atoms with Crippen molar-refractivity contribution in [1.29, 1.82) is 0 Å². The number of rotatable bonds is 3. The van der Waals surface area contributed by atoms with Gasteiger partial charge in [-0.3, -0.25) is 14.9 Å². The highest BCUT2D eigenvalue weighted by atomic mass is 16.6. The lowest BCUT2D eigenvalue weighted by atomic mass is 10.0. The van der Waals surface area contributed by atoms with Crippen molar-refractivity contribution in [3.8, 4) is 11.5 Å². The lowest BCUT2D eigenvalue weighted by Crippen LogP contribution is -2.02. The summed E-state index contributed by atoms with van der Waals surface area (Å²) >= 11 is 0.